The monoisotopic (exact) mass is 265 g/mol. The van der Waals surface area contributed by atoms with Crippen LogP contribution in [0.3, 0.4) is 0 Å². The molecule has 5 heteroatoms. The molecule has 3 N–H and O–H groups in total. The summed E-state index contributed by atoms with van der Waals surface area (Å²) < 4.78 is 0. The van der Waals surface area contributed by atoms with Crippen LogP contribution in [0.15, 0.2) is 30.3 Å². The van der Waals surface area contributed by atoms with Gasteiger partial charge < -0.3 is 10.8 Å². The number of rotatable bonds is 3. The molecule has 0 aromatic heterocycles. The average molecular weight is 265 g/mol. The molecule has 0 amide bonds. The largest absolute Gasteiger partial charge is 0.393 e. The van der Waals surface area contributed by atoms with Gasteiger partial charge in [0.05, 0.1) is 12.6 Å². The quantitative estimate of drug-likeness (QED) is 0.802. The number of nitrogens with zero attached hydrogens (tertiary/aromatic N) is 2. The van der Waals surface area contributed by atoms with Crippen LogP contribution >= 0.6 is 12.2 Å². The summed E-state index contributed by atoms with van der Waals surface area (Å²) in [5.74, 6) is 0. The number of hydrogen-bond donors (Lipinski definition) is 2. The van der Waals surface area contributed by atoms with Gasteiger partial charge >= 0.3 is 0 Å². The summed E-state index contributed by atoms with van der Waals surface area (Å²) in [6.07, 6.45) is 1.35. The molecule has 98 valence electrons. The van der Waals surface area contributed by atoms with E-state index in [0.29, 0.717) is 11.7 Å². The van der Waals surface area contributed by atoms with E-state index in [0.717, 1.165) is 25.9 Å². The lowest BCUT2D eigenvalue weighted by atomic mass is 10.1. The first-order chi connectivity index (χ1) is 8.66. The molecule has 1 aromatic carbocycles. The van der Waals surface area contributed by atoms with E-state index in [-0.39, 0.29) is 6.10 Å². The summed E-state index contributed by atoms with van der Waals surface area (Å²) in [5, 5.41) is 14.0. The highest BCUT2D eigenvalue weighted by molar-refractivity contribution is 7.80. The van der Waals surface area contributed by atoms with Crippen molar-refractivity contribution in [2.24, 2.45) is 5.73 Å². The molecular formula is C13H19N3OS. The molecule has 1 aromatic rings. The number of aliphatic hydroxyl groups is 1. The maximum atomic E-state index is 9.53. The number of benzene rings is 1. The first-order valence-electron chi connectivity index (χ1n) is 6.20. The lowest BCUT2D eigenvalue weighted by Gasteiger charge is -2.39. The molecule has 18 heavy (non-hydrogen) atoms. The minimum atomic E-state index is -0.189. The van der Waals surface area contributed by atoms with Gasteiger partial charge in [-0.1, -0.05) is 30.3 Å². The van der Waals surface area contributed by atoms with E-state index in [1.807, 2.05) is 23.2 Å². The van der Waals surface area contributed by atoms with E-state index in [2.05, 4.69) is 17.1 Å². The second-order valence-electron chi connectivity index (χ2n) is 4.57. The molecule has 2 rings (SSSR count). The van der Waals surface area contributed by atoms with Gasteiger partial charge in [-0.2, -0.15) is 0 Å². The third kappa shape index (κ3) is 3.41. The van der Waals surface area contributed by atoms with E-state index in [1.165, 1.54) is 5.56 Å². The molecule has 1 aliphatic rings. The van der Waals surface area contributed by atoms with E-state index in [9.17, 15) is 5.11 Å². The molecular weight excluding hydrogens is 246 g/mol. The van der Waals surface area contributed by atoms with Crippen molar-refractivity contribution < 1.29 is 5.11 Å². The van der Waals surface area contributed by atoms with Crippen LogP contribution < -0.4 is 5.73 Å². The second kappa shape index (κ2) is 6.13. The van der Waals surface area contributed by atoms with Crippen molar-refractivity contribution in [2.45, 2.75) is 25.5 Å². The molecule has 0 unspecified atom stereocenters. The highest BCUT2D eigenvalue weighted by Gasteiger charge is 2.23. The van der Waals surface area contributed by atoms with Gasteiger partial charge in [0, 0.05) is 13.1 Å². The number of hydrazine groups is 1. The van der Waals surface area contributed by atoms with Gasteiger partial charge in [0.1, 0.15) is 0 Å². The van der Waals surface area contributed by atoms with Crippen molar-refractivity contribution in [3.8, 4) is 0 Å². The first-order valence-corrected chi connectivity index (χ1v) is 6.61. The molecule has 4 nitrogen and oxygen atoms in total. The van der Waals surface area contributed by atoms with Gasteiger partial charge in [0.15, 0.2) is 5.11 Å². The molecule has 0 aliphatic carbocycles. The van der Waals surface area contributed by atoms with Crippen LogP contribution in [0.5, 0.6) is 0 Å². The topological polar surface area (TPSA) is 52.7 Å². The zero-order valence-corrected chi connectivity index (χ0v) is 11.1. The third-order valence-electron chi connectivity index (χ3n) is 3.21. The predicted molar refractivity (Wildman–Crippen MR) is 75.6 cm³/mol. The Morgan fingerprint density at radius 2 is 1.94 bits per heavy atom. The number of nitrogens with two attached hydrogens (primary N) is 1. The molecule has 1 saturated heterocycles. The Balaban J connectivity index is 2.02. The van der Waals surface area contributed by atoms with Crippen molar-refractivity contribution >= 4 is 17.3 Å². The Kier molecular flexibility index (Phi) is 4.52. The Labute approximate surface area is 113 Å². The Morgan fingerprint density at radius 3 is 2.50 bits per heavy atom. The Hall–Kier alpha value is -1.17. The highest BCUT2D eigenvalue weighted by Crippen LogP contribution is 2.15. The molecule has 0 radical (unpaired) electrons. The van der Waals surface area contributed by atoms with Gasteiger partial charge in [-0.3, -0.25) is 5.01 Å². The van der Waals surface area contributed by atoms with Gasteiger partial charge in [0.25, 0.3) is 0 Å². The van der Waals surface area contributed by atoms with Crippen LogP contribution in [-0.4, -0.2) is 39.4 Å². The second-order valence-corrected chi connectivity index (χ2v) is 4.98. The van der Waals surface area contributed by atoms with Crippen molar-refractivity contribution in [1.29, 1.82) is 0 Å². The molecule has 1 fully saturated rings. The van der Waals surface area contributed by atoms with Gasteiger partial charge in [-0.05, 0) is 30.6 Å². The van der Waals surface area contributed by atoms with Crippen LogP contribution in [0.4, 0.5) is 0 Å². The summed E-state index contributed by atoms with van der Waals surface area (Å²) >= 11 is 5.13. The number of thiocarbonyl (C=S) groups is 1. The smallest absolute Gasteiger partial charge is 0.181 e. The van der Waals surface area contributed by atoms with Crippen LogP contribution in [0.25, 0.3) is 0 Å². The first kappa shape index (κ1) is 13.3. The minimum absolute atomic E-state index is 0.189. The zero-order valence-electron chi connectivity index (χ0n) is 10.3. The maximum Gasteiger partial charge on any atom is 0.181 e. The van der Waals surface area contributed by atoms with Crippen LogP contribution in [0.2, 0.25) is 0 Å². The maximum absolute atomic E-state index is 9.53. The fourth-order valence-corrected chi connectivity index (χ4v) is 2.35. The van der Waals surface area contributed by atoms with E-state index in [1.54, 1.807) is 0 Å². The lowest BCUT2D eigenvalue weighted by molar-refractivity contribution is -0.0198. The number of piperidine rings is 1. The van der Waals surface area contributed by atoms with Crippen LogP contribution in [-0.2, 0) is 6.54 Å². The van der Waals surface area contributed by atoms with Crippen molar-refractivity contribution in [2.75, 3.05) is 13.1 Å². The zero-order chi connectivity index (χ0) is 13.0. The molecule has 1 heterocycles. The van der Waals surface area contributed by atoms with E-state index in [4.69, 9.17) is 18.0 Å². The lowest BCUT2D eigenvalue weighted by Crippen LogP contribution is -2.52. The summed E-state index contributed by atoms with van der Waals surface area (Å²) in [6, 6.07) is 10.1. The van der Waals surface area contributed by atoms with Crippen molar-refractivity contribution in [1.82, 2.24) is 10.0 Å². The Bertz CT molecular complexity index is 390. The highest BCUT2D eigenvalue weighted by atomic mass is 32.1. The average Bonchev–Trinajstić information content (AvgIpc) is 2.38. The normalized spacial score (nSPS) is 17.6. The van der Waals surface area contributed by atoms with E-state index < -0.39 is 0 Å². The van der Waals surface area contributed by atoms with Gasteiger partial charge in [-0.15, -0.1) is 0 Å². The predicted octanol–water partition coefficient (Wildman–Crippen LogP) is 1.10. The minimum Gasteiger partial charge on any atom is -0.393 e. The number of hydrogen-bond acceptors (Lipinski definition) is 3. The fraction of sp³-hybridized carbons (Fsp3) is 0.462. The third-order valence-corrected chi connectivity index (χ3v) is 3.42. The van der Waals surface area contributed by atoms with Crippen molar-refractivity contribution in [3.63, 3.8) is 0 Å². The summed E-state index contributed by atoms with van der Waals surface area (Å²) in [4.78, 5) is 0. The van der Waals surface area contributed by atoms with Crippen molar-refractivity contribution in [3.05, 3.63) is 35.9 Å². The number of aliphatic hydroxyl groups excluding tert-OH is 1. The Morgan fingerprint density at radius 1 is 1.33 bits per heavy atom. The van der Waals surface area contributed by atoms with Crippen LogP contribution in [0, 0.1) is 0 Å². The van der Waals surface area contributed by atoms with Gasteiger partial charge in [0.2, 0.25) is 0 Å². The van der Waals surface area contributed by atoms with E-state index >= 15 is 0 Å². The fourth-order valence-electron chi connectivity index (χ4n) is 2.17. The van der Waals surface area contributed by atoms with Crippen LogP contribution in [0.1, 0.15) is 18.4 Å². The SMILES string of the molecule is NC(=S)N(Cc1ccccc1)N1CCC(O)CC1. The summed E-state index contributed by atoms with van der Waals surface area (Å²) in [6.45, 7) is 2.28. The molecule has 0 bridgehead atoms. The van der Waals surface area contributed by atoms with Gasteiger partial charge in [-0.25, -0.2) is 5.01 Å². The molecule has 0 saturated carbocycles. The summed E-state index contributed by atoms with van der Waals surface area (Å²) in [5.41, 5.74) is 6.98. The molecule has 0 spiro atoms. The summed E-state index contributed by atoms with van der Waals surface area (Å²) in [7, 11) is 0. The molecule has 1 aliphatic heterocycles. The standard InChI is InChI=1S/C13H19N3OS/c14-13(18)16(10-11-4-2-1-3-5-11)15-8-6-12(17)7-9-15/h1-5,12,17H,6-10H2,(H2,14,18). The molecule has 0 atom stereocenters.